The Kier molecular flexibility index (Phi) is 2.87. The third kappa shape index (κ3) is 1.50. The molecule has 0 unspecified atom stereocenters. The van der Waals surface area contributed by atoms with Gasteiger partial charge in [0.25, 0.3) is 0 Å². The lowest BCUT2D eigenvalue weighted by Gasteiger charge is -2.46. The summed E-state index contributed by atoms with van der Waals surface area (Å²) in [6.45, 7) is 7.38. The average molecular weight is 168 g/mol. The van der Waals surface area contributed by atoms with E-state index in [1.807, 2.05) is 11.9 Å². The Labute approximate surface area is 73.4 Å². The first-order valence-electron chi connectivity index (χ1n) is 4.28. The van der Waals surface area contributed by atoms with Crippen molar-refractivity contribution < 1.29 is 4.79 Å². The lowest BCUT2D eigenvalue weighted by molar-refractivity contribution is -0.137. The summed E-state index contributed by atoms with van der Waals surface area (Å²) in [6, 6.07) is 0.362. The minimum Gasteiger partial charge on any atom is -0.334 e. The van der Waals surface area contributed by atoms with Gasteiger partial charge in [0.1, 0.15) is 0 Å². The van der Waals surface area contributed by atoms with Crippen LogP contribution in [0.4, 0.5) is 0 Å². The van der Waals surface area contributed by atoms with E-state index in [9.17, 15) is 4.79 Å². The molecule has 3 nitrogen and oxygen atoms in total. The zero-order chi connectivity index (χ0) is 9.14. The van der Waals surface area contributed by atoms with Crippen molar-refractivity contribution in [1.29, 1.82) is 0 Å². The number of hydrogen-bond acceptors (Lipinski definition) is 2. The van der Waals surface area contributed by atoms with Crippen molar-refractivity contribution in [2.24, 2.45) is 5.92 Å². The molecule has 0 bridgehead atoms. The van der Waals surface area contributed by atoms with E-state index in [1.54, 1.807) is 0 Å². The smallest absolute Gasteiger partial charge is 0.246 e. The standard InChI is InChI=1S/C9H16N2O/c1-4-9(12)11-6-7(2)8(11)5-10-3/h4,7-8,10H,1,5-6H2,2-3H3/t7-,8+/m1/s1. The molecule has 1 heterocycles. The monoisotopic (exact) mass is 168 g/mol. The van der Waals surface area contributed by atoms with Gasteiger partial charge in [-0.15, -0.1) is 0 Å². The van der Waals surface area contributed by atoms with Crippen molar-refractivity contribution in [2.45, 2.75) is 13.0 Å². The second-order valence-electron chi connectivity index (χ2n) is 3.30. The van der Waals surface area contributed by atoms with E-state index in [0.717, 1.165) is 13.1 Å². The summed E-state index contributed by atoms with van der Waals surface area (Å²) in [5.74, 6) is 0.662. The van der Waals surface area contributed by atoms with Crippen LogP contribution in [-0.4, -0.2) is 37.0 Å². The Morgan fingerprint density at radius 1 is 1.83 bits per heavy atom. The maximum atomic E-state index is 11.2. The van der Waals surface area contributed by atoms with Gasteiger partial charge in [-0.2, -0.15) is 0 Å². The highest BCUT2D eigenvalue weighted by Gasteiger charge is 2.36. The Morgan fingerprint density at radius 2 is 2.50 bits per heavy atom. The fraction of sp³-hybridized carbons (Fsp3) is 0.667. The SMILES string of the molecule is C=CC(=O)N1C[C@@H](C)[C@@H]1CNC. The molecule has 1 aliphatic heterocycles. The number of nitrogens with one attached hydrogen (secondary N) is 1. The van der Waals surface area contributed by atoms with Crippen molar-refractivity contribution in [1.82, 2.24) is 10.2 Å². The van der Waals surface area contributed by atoms with Gasteiger partial charge in [-0.3, -0.25) is 4.79 Å². The molecular weight excluding hydrogens is 152 g/mol. The fourth-order valence-electron chi connectivity index (χ4n) is 1.63. The third-order valence-electron chi connectivity index (χ3n) is 2.41. The molecular formula is C9H16N2O. The third-order valence-corrected chi connectivity index (χ3v) is 2.41. The second kappa shape index (κ2) is 3.72. The van der Waals surface area contributed by atoms with Gasteiger partial charge in [0.15, 0.2) is 0 Å². The molecule has 12 heavy (non-hydrogen) atoms. The summed E-state index contributed by atoms with van der Waals surface area (Å²) in [5.41, 5.74) is 0. The second-order valence-corrected chi connectivity index (χ2v) is 3.30. The normalized spacial score (nSPS) is 28.0. The van der Waals surface area contributed by atoms with E-state index in [2.05, 4.69) is 18.8 Å². The van der Waals surface area contributed by atoms with Gasteiger partial charge < -0.3 is 10.2 Å². The number of likely N-dealkylation sites (N-methyl/N-ethyl adjacent to an activating group) is 1. The summed E-state index contributed by atoms with van der Waals surface area (Å²) < 4.78 is 0. The first kappa shape index (κ1) is 9.26. The van der Waals surface area contributed by atoms with Crippen LogP contribution in [0.5, 0.6) is 0 Å². The first-order valence-corrected chi connectivity index (χ1v) is 4.28. The highest BCUT2D eigenvalue weighted by Crippen LogP contribution is 2.23. The van der Waals surface area contributed by atoms with Gasteiger partial charge >= 0.3 is 0 Å². The largest absolute Gasteiger partial charge is 0.334 e. The molecule has 0 saturated carbocycles. The summed E-state index contributed by atoms with van der Waals surface area (Å²) >= 11 is 0. The zero-order valence-corrected chi connectivity index (χ0v) is 7.71. The van der Waals surface area contributed by atoms with Crippen LogP contribution < -0.4 is 5.32 Å². The van der Waals surface area contributed by atoms with Crippen LogP contribution in [-0.2, 0) is 4.79 Å². The van der Waals surface area contributed by atoms with E-state index in [0.29, 0.717) is 12.0 Å². The number of amides is 1. The molecule has 1 amide bonds. The molecule has 3 heteroatoms. The highest BCUT2D eigenvalue weighted by atomic mass is 16.2. The van der Waals surface area contributed by atoms with Crippen molar-refractivity contribution in [3.63, 3.8) is 0 Å². The van der Waals surface area contributed by atoms with Crippen LogP contribution in [0.2, 0.25) is 0 Å². The van der Waals surface area contributed by atoms with Crippen LogP contribution >= 0.6 is 0 Å². The molecule has 1 fully saturated rings. The van der Waals surface area contributed by atoms with Crippen LogP contribution in [0.25, 0.3) is 0 Å². The van der Waals surface area contributed by atoms with Gasteiger partial charge in [0, 0.05) is 19.1 Å². The predicted molar refractivity (Wildman–Crippen MR) is 48.8 cm³/mol. The first-order chi connectivity index (χ1) is 5.70. The summed E-state index contributed by atoms with van der Waals surface area (Å²) in [6.07, 6.45) is 1.38. The zero-order valence-electron chi connectivity index (χ0n) is 7.71. The maximum absolute atomic E-state index is 11.2. The Hall–Kier alpha value is -0.830. The maximum Gasteiger partial charge on any atom is 0.246 e. The molecule has 1 rings (SSSR count). The van der Waals surface area contributed by atoms with Crippen molar-refractivity contribution in [3.8, 4) is 0 Å². The number of hydrogen-bond donors (Lipinski definition) is 1. The van der Waals surface area contributed by atoms with E-state index < -0.39 is 0 Å². The van der Waals surface area contributed by atoms with Crippen molar-refractivity contribution in [3.05, 3.63) is 12.7 Å². The van der Waals surface area contributed by atoms with E-state index in [4.69, 9.17) is 0 Å². The Morgan fingerprint density at radius 3 is 2.92 bits per heavy atom. The molecule has 1 saturated heterocycles. The van der Waals surface area contributed by atoms with E-state index >= 15 is 0 Å². The minimum atomic E-state index is 0.0494. The van der Waals surface area contributed by atoms with Crippen LogP contribution in [0.15, 0.2) is 12.7 Å². The van der Waals surface area contributed by atoms with Crippen molar-refractivity contribution >= 4 is 5.91 Å². The predicted octanol–water partition coefficient (Wildman–Crippen LogP) is 0.239. The molecule has 1 N–H and O–H groups in total. The van der Waals surface area contributed by atoms with Gasteiger partial charge in [-0.1, -0.05) is 13.5 Å². The van der Waals surface area contributed by atoms with Gasteiger partial charge in [0.05, 0.1) is 0 Å². The van der Waals surface area contributed by atoms with Gasteiger partial charge in [-0.05, 0) is 19.0 Å². The van der Waals surface area contributed by atoms with Crippen molar-refractivity contribution in [2.75, 3.05) is 20.1 Å². The summed E-state index contributed by atoms with van der Waals surface area (Å²) in [5, 5.41) is 3.08. The van der Waals surface area contributed by atoms with Crippen LogP contribution in [0, 0.1) is 5.92 Å². The van der Waals surface area contributed by atoms with Crippen LogP contribution in [0.1, 0.15) is 6.92 Å². The Bertz CT molecular complexity index is 191. The molecule has 68 valence electrons. The molecule has 0 aromatic rings. The molecule has 0 spiro atoms. The molecule has 1 aliphatic rings. The van der Waals surface area contributed by atoms with Gasteiger partial charge in [0.2, 0.25) is 5.91 Å². The van der Waals surface area contributed by atoms with E-state index in [1.165, 1.54) is 6.08 Å². The average Bonchev–Trinajstić information content (AvgIpc) is 2.09. The number of nitrogens with zero attached hydrogens (tertiary/aromatic N) is 1. The highest BCUT2D eigenvalue weighted by molar-refractivity contribution is 5.88. The molecule has 0 aromatic carbocycles. The number of carbonyl (C=O) groups is 1. The molecule has 0 aromatic heterocycles. The molecule has 2 atom stereocenters. The van der Waals surface area contributed by atoms with Gasteiger partial charge in [-0.25, -0.2) is 0 Å². The lowest BCUT2D eigenvalue weighted by Crippen LogP contribution is -2.60. The molecule has 0 aliphatic carbocycles. The number of carbonyl (C=O) groups excluding carboxylic acids is 1. The summed E-state index contributed by atoms with van der Waals surface area (Å²) in [7, 11) is 1.90. The topological polar surface area (TPSA) is 32.3 Å². The minimum absolute atomic E-state index is 0.0494. The van der Waals surface area contributed by atoms with E-state index in [-0.39, 0.29) is 5.91 Å². The number of rotatable bonds is 3. The number of likely N-dealkylation sites (tertiary alicyclic amines) is 1. The van der Waals surface area contributed by atoms with Crippen LogP contribution in [0.3, 0.4) is 0 Å². The quantitative estimate of drug-likeness (QED) is 0.612. The molecule has 0 radical (unpaired) electrons. The Balaban J connectivity index is 2.47. The fourth-order valence-corrected chi connectivity index (χ4v) is 1.63. The summed E-state index contributed by atoms with van der Waals surface area (Å²) in [4.78, 5) is 13.1. The lowest BCUT2D eigenvalue weighted by atomic mass is 9.90.